The predicted octanol–water partition coefficient (Wildman–Crippen LogP) is 3.40. The van der Waals surface area contributed by atoms with Crippen LogP contribution in [0, 0.1) is 0 Å². The van der Waals surface area contributed by atoms with Crippen molar-refractivity contribution in [2.75, 3.05) is 4.72 Å². The summed E-state index contributed by atoms with van der Waals surface area (Å²) in [6.07, 6.45) is 0. The summed E-state index contributed by atoms with van der Waals surface area (Å²) in [5.74, 6) is -1.19. The van der Waals surface area contributed by atoms with Crippen molar-refractivity contribution < 1.29 is 18.3 Å². The van der Waals surface area contributed by atoms with Gasteiger partial charge in [0.05, 0.1) is 11.3 Å². The average molecular weight is 333 g/mol. The summed E-state index contributed by atoms with van der Waals surface area (Å²) >= 11 is 1.14. The fourth-order valence-electron chi connectivity index (χ4n) is 2.04. The van der Waals surface area contributed by atoms with Gasteiger partial charge in [-0.25, -0.2) is 13.2 Å². The third-order valence-electron chi connectivity index (χ3n) is 3.07. The number of thiophene rings is 1. The number of carboxylic acid groups (broad SMARTS) is 1. The summed E-state index contributed by atoms with van der Waals surface area (Å²) in [5.41, 5.74) is -0.0420. The highest BCUT2D eigenvalue weighted by atomic mass is 32.2. The number of nitrogens with one attached hydrogen (secondary N) is 1. The first-order chi connectivity index (χ1) is 10.5. The molecule has 5 nitrogen and oxygen atoms in total. The first-order valence-corrected chi connectivity index (χ1v) is 8.61. The summed E-state index contributed by atoms with van der Waals surface area (Å²) in [7, 11) is -3.83. The Kier molecular flexibility index (Phi) is 3.59. The van der Waals surface area contributed by atoms with E-state index in [0.717, 1.165) is 21.4 Å². The summed E-state index contributed by atoms with van der Waals surface area (Å²) in [5, 5.41) is 9.95. The minimum absolute atomic E-state index is 0.0486. The lowest BCUT2D eigenvalue weighted by Crippen LogP contribution is -2.14. The number of hydrogen-bond donors (Lipinski definition) is 2. The largest absolute Gasteiger partial charge is 0.478 e. The highest BCUT2D eigenvalue weighted by Gasteiger charge is 2.20. The van der Waals surface area contributed by atoms with Gasteiger partial charge in [-0.2, -0.15) is 0 Å². The number of fused-ring (bicyclic) bond motifs is 1. The molecule has 0 amide bonds. The Morgan fingerprint density at radius 3 is 2.45 bits per heavy atom. The van der Waals surface area contributed by atoms with Gasteiger partial charge in [0.2, 0.25) is 0 Å². The van der Waals surface area contributed by atoms with E-state index in [1.54, 1.807) is 18.2 Å². The second-order valence-electron chi connectivity index (χ2n) is 4.56. The average Bonchev–Trinajstić information content (AvgIpc) is 2.92. The molecule has 3 aromatic rings. The molecule has 2 aromatic carbocycles. The Balaban J connectivity index is 2.02. The highest BCUT2D eigenvalue weighted by Crippen LogP contribution is 2.30. The molecule has 0 unspecified atom stereocenters. The van der Waals surface area contributed by atoms with Crippen molar-refractivity contribution in [2.24, 2.45) is 0 Å². The van der Waals surface area contributed by atoms with Crippen LogP contribution in [0.4, 0.5) is 5.69 Å². The monoisotopic (exact) mass is 333 g/mol. The van der Waals surface area contributed by atoms with Crippen molar-refractivity contribution in [2.45, 2.75) is 4.21 Å². The number of carbonyl (C=O) groups is 1. The van der Waals surface area contributed by atoms with E-state index in [0.29, 0.717) is 0 Å². The highest BCUT2D eigenvalue weighted by molar-refractivity contribution is 7.94. The quantitative estimate of drug-likeness (QED) is 0.766. The van der Waals surface area contributed by atoms with Crippen LogP contribution in [0.25, 0.3) is 10.1 Å². The van der Waals surface area contributed by atoms with Gasteiger partial charge in [0, 0.05) is 4.70 Å². The van der Waals surface area contributed by atoms with Gasteiger partial charge in [0.15, 0.2) is 0 Å². The molecule has 0 bridgehead atoms. The van der Waals surface area contributed by atoms with Gasteiger partial charge in [-0.1, -0.05) is 30.3 Å². The number of rotatable bonds is 4. The van der Waals surface area contributed by atoms with Crippen LogP contribution in [0.5, 0.6) is 0 Å². The Morgan fingerprint density at radius 1 is 1.05 bits per heavy atom. The fraction of sp³-hybridized carbons (Fsp3) is 0. The standard InChI is InChI=1S/C15H11NO4S2/c17-15(18)11-6-2-3-7-12(11)16-22(19,20)14-9-10-5-1-4-8-13(10)21-14/h1-9,16H,(H,17,18). The molecular formula is C15H11NO4S2. The first kappa shape index (κ1) is 14.6. The van der Waals surface area contributed by atoms with E-state index in [2.05, 4.69) is 4.72 Å². The van der Waals surface area contributed by atoms with Crippen molar-refractivity contribution in [1.82, 2.24) is 0 Å². The summed E-state index contributed by atoms with van der Waals surface area (Å²) in [6, 6.07) is 14.8. The van der Waals surface area contributed by atoms with Gasteiger partial charge in [-0.15, -0.1) is 11.3 Å². The lowest BCUT2D eigenvalue weighted by atomic mass is 10.2. The zero-order chi connectivity index (χ0) is 15.7. The van der Waals surface area contributed by atoms with Gasteiger partial charge < -0.3 is 5.11 Å². The van der Waals surface area contributed by atoms with E-state index in [4.69, 9.17) is 5.11 Å². The van der Waals surface area contributed by atoms with Crippen LogP contribution in [-0.2, 0) is 10.0 Å². The number of hydrogen-bond acceptors (Lipinski definition) is 4. The molecule has 0 atom stereocenters. The molecule has 2 N–H and O–H groups in total. The van der Waals surface area contributed by atoms with Crippen LogP contribution < -0.4 is 4.72 Å². The Hall–Kier alpha value is -2.38. The lowest BCUT2D eigenvalue weighted by Gasteiger charge is -2.08. The first-order valence-electron chi connectivity index (χ1n) is 6.31. The second-order valence-corrected chi connectivity index (χ2v) is 7.55. The van der Waals surface area contributed by atoms with Gasteiger partial charge in [0.25, 0.3) is 10.0 Å². The van der Waals surface area contributed by atoms with E-state index in [-0.39, 0.29) is 15.5 Å². The van der Waals surface area contributed by atoms with E-state index >= 15 is 0 Å². The molecule has 0 aliphatic carbocycles. The summed E-state index contributed by atoms with van der Waals surface area (Å²) in [6.45, 7) is 0. The van der Waals surface area contributed by atoms with Crippen LogP contribution in [0.3, 0.4) is 0 Å². The fourth-order valence-corrected chi connectivity index (χ4v) is 4.52. The molecule has 0 aliphatic rings. The number of carboxylic acids is 1. The van der Waals surface area contributed by atoms with Crippen molar-refractivity contribution in [1.29, 1.82) is 0 Å². The summed E-state index contributed by atoms with van der Waals surface area (Å²) in [4.78, 5) is 11.2. The number of anilines is 1. The van der Waals surface area contributed by atoms with Crippen molar-refractivity contribution in [3.63, 3.8) is 0 Å². The second kappa shape index (κ2) is 5.43. The van der Waals surface area contributed by atoms with E-state index in [1.165, 1.54) is 12.1 Å². The van der Waals surface area contributed by atoms with Gasteiger partial charge in [-0.3, -0.25) is 4.72 Å². The summed E-state index contributed by atoms with van der Waals surface area (Å²) < 4.78 is 28.3. The van der Waals surface area contributed by atoms with Crippen molar-refractivity contribution in [3.8, 4) is 0 Å². The maximum atomic E-state index is 12.5. The number of para-hydroxylation sites is 1. The topological polar surface area (TPSA) is 83.5 Å². The molecule has 0 saturated heterocycles. The van der Waals surface area contributed by atoms with Crippen molar-refractivity contribution in [3.05, 3.63) is 60.2 Å². The van der Waals surface area contributed by atoms with Crippen molar-refractivity contribution >= 4 is 43.1 Å². The van der Waals surface area contributed by atoms with E-state index in [9.17, 15) is 13.2 Å². The van der Waals surface area contributed by atoms with Crippen LogP contribution in [0.2, 0.25) is 0 Å². The smallest absolute Gasteiger partial charge is 0.337 e. The maximum Gasteiger partial charge on any atom is 0.337 e. The minimum Gasteiger partial charge on any atom is -0.478 e. The third-order valence-corrected chi connectivity index (χ3v) is 6.02. The predicted molar refractivity (Wildman–Crippen MR) is 86.0 cm³/mol. The SMILES string of the molecule is O=C(O)c1ccccc1NS(=O)(=O)c1cc2ccccc2s1. The Morgan fingerprint density at radius 2 is 1.73 bits per heavy atom. The molecule has 22 heavy (non-hydrogen) atoms. The minimum atomic E-state index is -3.83. The lowest BCUT2D eigenvalue weighted by molar-refractivity contribution is 0.0698. The number of sulfonamides is 1. The van der Waals surface area contributed by atoms with E-state index < -0.39 is 16.0 Å². The molecule has 1 aromatic heterocycles. The molecule has 0 saturated carbocycles. The molecule has 0 fully saturated rings. The maximum absolute atomic E-state index is 12.5. The molecule has 0 radical (unpaired) electrons. The third kappa shape index (κ3) is 2.68. The molecule has 7 heteroatoms. The zero-order valence-electron chi connectivity index (χ0n) is 11.2. The van der Waals surface area contributed by atoms with Gasteiger partial charge in [0.1, 0.15) is 4.21 Å². The van der Waals surface area contributed by atoms with E-state index in [1.807, 2.05) is 24.3 Å². The van der Waals surface area contributed by atoms with Gasteiger partial charge in [-0.05, 0) is 29.7 Å². The molecule has 1 heterocycles. The molecule has 112 valence electrons. The normalized spacial score (nSPS) is 11.5. The van der Waals surface area contributed by atoms with Crippen LogP contribution >= 0.6 is 11.3 Å². The Bertz CT molecular complexity index is 927. The molecule has 0 spiro atoms. The molecule has 3 rings (SSSR count). The zero-order valence-corrected chi connectivity index (χ0v) is 12.8. The van der Waals surface area contributed by atoms with Crippen LogP contribution in [0.1, 0.15) is 10.4 Å². The number of aromatic carboxylic acids is 1. The Labute approximate surface area is 130 Å². The molecular weight excluding hydrogens is 322 g/mol. The van der Waals surface area contributed by atoms with Gasteiger partial charge >= 0.3 is 5.97 Å². The number of benzene rings is 2. The molecule has 0 aliphatic heterocycles. The van der Waals surface area contributed by atoms with Crippen LogP contribution in [0.15, 0.2) is 58.8 Å². The van der Waals surface area contributed by atoms with Crippen LogP contribution in [-0.4, -0.2) is 19.5 Å².